The molecule has 0 spiro atoms. The highest BCUT2D eigenvalue weighted by molar-refractivity contribution is 7.89. The summed E-state index contributed by atoms with van der Waals surface area (Å²) in [5.74, 6) is 0.191. The van der Waals surface area contributed by atoms with Crippen LogP contribution in [-0.4, -0.2) is 73.6 Å². The Morgan fingerprint density at radius 3 is 2.00 bits per heavy atom. The molecule has 0 radical (unpaired) electrons. The molecule has 1 aliphatic rings. The molecule has 0 N–H and O–H groups in total. The highest BCUT2D eigenvalue weighted by Crippen LogP contribution is 2.10. The van der Waals surface area contributed by atoms with Gasteiger partial charge in [-0.25, -0.2) is 13.2 Å². The maximum absolute atomic E-state index is 12.1. The SMILES string of the molecule is CCCS(=O)(=O)N1CCN(C(=O)N(CC)CC)CC1. The topological polar surface area (TPSA) is 60.9 Å². The average Bonchev–Trinajstić information content (AvgIpc) is 2.40. The highest BCUT2D eigenvalue weighted by atomic mass is 32.2. The maximum atomic E-state index is 12.1. The predicted molar refractivity (Wildman–Crippen MR) is 75.5 cm³/mol. The van der Waals surface area contributed by atoms with Crippen molar-refractivity contribution in [2.75, 3.05) is 45.0 Å². The van der Waals surface area contributed by atoms with E-state index in [1.54, 1.807) is 9.80 Å². The summed E-state index contributed by atoms with van der Waals surface area (Å²) in [5, 5.41) is 0. The summed E-state index contributed by atoms with van der Waals surface area (Å²) in [5.41, 5.74) is 0. The van der Waals surface area contributed by atoms with Crippen LogP contribution in [0.4, 0.5) is 4.79 Å². The van der Waals surface area contributed by atoms with Crippen LogP contribution in [0, 0.1) is 0 Å². The quantitative estimate of drug-likeness (QED) is 0.753. The third kappa shape index (κ3) is 4.07. The lowest BCUT2D eigenvalue weighted by Gasteiger charge is -2.36. The minimum atomic E-state index is -3.13. The van der Waals surface area contributed by atoms with Gasteiger partial charge in [0.2, 0.25) is 10.0 Å². The van der Waals surface area contributed by atoms with E-state index in [0.717, 1.165) is 0 Å². The summed E-state index contributed by atoms with van der Waals surface area (Å²) in [6, 6.07) is 0.0116. The molecule has 1 aliphatic heterocycles. The number of rotatable bonds is 5. The van der Waals surface area contributed by atoms with Gasteiger partial charge in [0, 0.05) is 39.3 Å². The number of urea groups is 1. The molecular weight excluding hydrogens is 266 g/mol. The second-order valence-electron chi connectivity index (χ2n) is 4.66. The molecule has 0 aromatic rings. The second-order valence-corrected chi connectivity index (χ2v) is 6.75. The van der Waals surface area contributed by atoms with E-state index in [1.807, 2.05) is 20.8 Å². The van der Waals surface area contributed by atoms with Gasteiger partial charge in [-0.1, -0.05) is 6.92 Å². The Balaban J connectivity index is 2.56. The van der Waals surface area contributed by atoms with E-state index in [4.69, 9.17) is 0 Å². The van der Waals surface area contributed by atoms with E-state index in [1.165, 1.54) is 4.31 Å². The lowest BCUT2D eigenvalue weighted by Crippen LogP contribution is -2.54. The van der Waals surface area contributed by atoms with Crippen LogP contribution < -0.4 is 0 Å². The van der Waals surface area contributed by atoms with Crippen LogP contribution in [0.1, 0.15) is 27.2 Å². The molecule has 6 nitrogen and oxygen atoms in total. The van der Waals surface area contributed by atoms with E-state index in [0.29, 0.717) is 45.7 Å². The van der Waals surface area contributed by atoms with Gasteiger partial charge < -0.3 is 9.80 Å². The number of piperazine rings is 1. The summed E-state index contributed by atoms with van der Waals surface area (Å²) < 4.78 is 25.3. The first-order chi connectivity index (χ1) is 8.96. The van der Waals surface area contributed by atoms with Crippen molar-refractivity contribution in [1.82, 2.24) is 14.1 Å². The molecule has 112 valence electrons. The molecule has 0 bridgehead atoms. The van der Waals surface area contributed by atoms with Crippen molar-refractivity contribution in [3.63, 3.8) is 0 Å². The van der Waals surface area contributed by atoms with Gasteiger partial charge in [-0.15, -0.1) is 0 Å². The molecular formula is C12H25N3O3S. The first-order valence-electron chi connectivity index (χ1n) is 6.97. The van der Waals surface area contributed by atoms with E-state index >= 15 is 0 Å². The van der Waals surface area contributed by atoms with Gasteiger partial charge in [0.05, 0.1) is 5.75 Å². The van der Waals surface area contributed by atoms with Gasteiger partial charge >= 0.3 is 6.03 Å². The fraction of sp³-hybridized carbons (Fsp3) is 0.917. The van der Waals surface area contributed by atoms with Crippen molar-refractivity contribution >= 4 is 16.1 Å². The molecule has 1 fully saturated rings. The zero-order valence-electron chi connectivity index (χ0n) is 12.1. The van der Waals surface area contributed by atoms with Gasteiger partial charge in [0.25, 0.3) is 0 Å². The zero-order valence-corrected chi connectivity index (χ0v) is 12.9. The monoisotopic (exact) mass is 291 g/mol. The molecule has 0 aromatic carbocycles. The molecule has 2 amide bonds. The minimum absolute atomic E-state index is 0.0116. The van der Waals surface area contributed by atoms with Crippen LogP contribution >= 0.6 is 0 Å². The lowest BCUT2D eigenvalue weighted by atomic mass is 10.4. The van der Waals surface area contributed by atoms with Gasteiger partial charge in [-0.2, -0.15) is 4.31 Å². The number of hydrogen-bond donors (Lipinski definition) is 0. The van der Waals surface area contributed by atoms with Crippen LogP contribution in [0.25, 0.3) is 0 Å². The molecule has 1 heterocycles. The summed E-state index contributed by atoms with van der Waals surface area (Å²) in [4.78, 5) is 15.6. The van der Waals surface area contributed by atoms with Crippen LogP contribution in [0.5, 0.6) is 0 Å². The Morgan fingerprint density at radius 2 is 1.58 bits per heavy atom. The molecule has 19 heavy (non-hydrogen) atoms. The van der Waals surface area contributed by atoms with E-state index in [-0.39, 0.29) is 11.8 Å². The number of amides is 2. The molecule has 0 aromatic heterocycles. The number of nitrogens with zero attached hydrogens (tertiary/aromatic N) is 3. The number of carbonyl (C=O) groups excluding carboxylic acids is 1. The Hall–Kier alpha value is -0.820. The third-order valence-electron chi connectivity index (χ3n) is 3.40. The normalized spacial score (nSPS) is 17.5. The van der Waals surface area contributed by atoms with Crippen molar-refractivity contribution in [1.29, 1.82) is 0 Å². The lowest BCUT2D eigenvalue weighted by molar-refractivity contribution is 0.138. The summed E-state index contributed by atoms with van der Waals surface area (Å²) in [6.07, 6.45) is 0.626. The summed E-state index contributed by atoms with van der Waals surface area (Å²) in [6.45, 7) is 8.92. The smallest absolute Gasteiger partial charge is 0.320 e. The van der Waals surface area contributed by atoms with Crippen LogP contribution in [0.2, 0.25) is 0 Å². The molecule has 0 unspecified atom stereocenters. The minimum Gasteiger partial charge on any atom is -0.325 e. The second kappa shape index (κ2) is 7.09. The van der Waals surface area contributed by atoms with Crippen molar-refractivity contribution in [2.24, 2.45) is 0 Å². The summed E-state index contributed by atoms with van der Waals surface area (Å²) in [7, 11) is -3.13. The standard InChI is InChI=1S/C12H25N3O3S/c1-4-11-19(17,18)15-9-7-14(8-10-15)12(16)13(5-2)6-3/h4-11H2,1-3H3. The van der Waals surface area contributed by atoms with Crippen molar-refractivity contribution in [3.8, 4) is 0 Å². The molecule has 0 aliphatic carbocycles. The third-order valence-corrected chi connectivity index (χ3v) is 5.47. The fourth-order valence-corrected chi connectivity index (χ4v) is 3.73. The number of carbonyl (C=O) groups is 1. The van der Waals surface area contributed by atoms with Crippen molar-refractivity contribution in [3.05, 3.63) is 0 Å². The Morgan fingerprint density at radius 1 is 1.05 bits per heavy atom. The van der Waals surface area contributed by atoms with Gasteiger partial charge in [-0.05, 0) is 20.3 Å². The Bertz CT molecular complexity index is 385. The molecule has 0 saturated carbocycles. The largest absolute Gasteiger partial charge is 0.325 e. The fourth-order valence-electron chi connectivity index (χ4n) is 2.24. The Kier molecular flexibility index (Phi) is 6.06. The van der Waals surface area contributed by atoms with Gasteiger partial charge in [-0.3, -0.25) is 0 Å². The van der Waals surface area contributed by atoms with Gasteiger partial charge in [0.1, 0.15) is 0 Å². The van der Waals surface area contributed by atoms with Crippen LogP contribution in [0.15, 0.2) is 0 Å². The Labute approximate surface area is 116 Å². The van der Waals surface area contributed by atoms with Crippen molar-refractivity contribution < 1.29 is 13.2 Å². The molecule has 0 atom stereocenters. The maximum Gasteiger partial charge on any atom is 0.320 e. The zero-order chi connectivity index (χ0) is 14.5. The first kappa shape index (κ1) is 16.2. The van der Waals surface area contributed by atoms with E-state index in [9.17, 15) is 13.2 Å². The number of hydrogen-bond acceptors (Lipinski definition) is 3. The van der Waals surface area contributed by atoms with Gasteiger partial charge in [0.15, 0.2) is 0 Å². The van der Waals surface area contributed by atoms with Crippen LogP contribution in [0.3, 0.4) is 0 Å². The predicted octanol–water partition coefficient (Wildman–Crippen LogP) is 0.806. The number of sulfonamides is 1. The van der Waals surface area contributed by atoms with Crippen LogP contribution in [-0.2, 0) is 10.0 Å². The van der Waals surface area contributed by atoms with Crippen molar-refractivity contribution in [2.45, 2.75) is 27.2 Å². The average molecular weight is 291 g/mol. The molecule has 1 saturated heterocycles. The first-order valence-corrected chi connectivity index (χ1v) is 8.58. The van der Waals surface area contributed by atoms with E-state index in [2.05, 4.69) is 0 Å². The molecule has 1 rings (SSSR count). The summed E-state index contributed by atoms with van der Waals surface area (Å²) >= 11 is 0. The van der Waals surface area contributed by atoms with E-state index < -0.39 is 10.0 Å². The molecule has 7 heteroatoms. The highest BCUT2D eigenvalue weighted by Gasteiger charge is 2.29.